The Bertz CT molecular complexity index is 1150. The highest BCUT2D eigenvalue weighted by Crippen LogP contribution is 2.19. The van der Waals surface area contributed by atoms with Crippen LogP contribution in [0.2, 0.25) is 0 Å². The SMILES string of the molecule is CN(C)CCN(Cc1ccc(F)cc1)C(=O)c1cccc(NS(=O)(=O)c2ccccc2)c1. The van der Waals surface area contributed by atoms with Crippen LogP contribution in [-0.4, -0.2) is 51.3 Å². The van der Waals surface area contributed by atoms with Gasteiger partial charge in [0, 0.05) is 30.9 Å². The summed E-state index contributed by atoms with van der Waals surface area (Å²) < 4.78 is 41.0. The monoisotopic (exact) mass is 455 g/mol. The Hall–Kier alpha value is -3.23. The van der Waals surface area contributed by atoms with E-state index in [1.54, 1.807) is 53.4 Å². The van der Waals surface area contributed by atoms with Gasteiger partial charge in [0.1, 0.15) is 5.82 Å². The van der Waals surface area contributed by atoms with Gasteiger partial charge in [-0.3, -0.25) is 9.52 Å². The van der Waals surface area contributed by atoms with Gasteiger partial charge in [-0.25, -0.2) is 12.8 Å². The molecule has 1 N–H and O–H groups in total. The average molecular weight is 456 g/mol. The number of nitrogens with zero attached hydrogens (tertiary/aromatic N) is 2. The van der Waals surface area contributed by atoms with Crippen molar-refractivity contribution in [3.05, 3.63) is 95.8 Å². The number of benzene rings is 3. The van der Waals surface area contributed by atoms with Crippen molar-refractivity contribution in [1.82, 2.24) is 9.80 Å². The number of nitrogens with one attached hydrogen (secondary N) is 1. The summed E-state index contributed by atoms with van der Waals surface area (Å²) in [4.78, 5) is 17.0. The first kappa shape index (κ1) is 23.4. The molecule has 6 nitrogen and oxygen atoms in total. The number of likely N-dealkylation sites (N-methyl/N-ethyl adjacent to an activating group) is 1. The summed E-state index contributed by atoms with van der Waals surface area (Å²) in [5.74, 6) is -0.574. The maximum Gasteiger partial charge on any atom is 0.261 e. The molecule has 3 aromatic rings. The zero-order chi connectivity index (χ0) is 23.1. The van der Waals surface area contributed by atoms with Gasteiger partial charge in [-0.2, -0.15) is 0 Å². The predicted octanol–water partition coefficient (Wildman–Crippen LogP) is 3.83. The van der Waals surface area contributed by atoms with E-state index in [2.05, 4.69) is 4.72 Å². The largest absolute Gasteiger partial charge is 0.333 e. The van der Waals surface area contributed by atoms with Gasteiger partial charge in [0.15, 0.2) is 0 Å². The standard InChI is InChI=1S/C24H26FN3O3S/c1-27(2)15-16-28(18-19-11-13-21(25)14-12-19)24(29)20-7-6-8-22(17-20)26-32(30,31)23-9-4-3-5-10-23/h3-14,17,26H,15-16,18H2,1-2H3. The minimum atomic E-state index is -3.77. The quantitative estimate of drug-likeness (QED) is 0.532. The first-order valence-corrected chi connectivity index (χ1v) is 11.6. The molecule has 8 heteroatoms. The molecule has 0 bridgehead atoms. The second kappa shape index (κ2) is 10.4. The summed E-state index contributed by atoms with van der Waals surface area (Å²) in [6.07, 6.45) is 0. The number of hydrogen-bond donors (Lipinski definition) is 1. The number of anilines is 1. The molecule has 0 unspecified atom stereocenters. The van der Waals surface area contributed by atoms with Crippen LogP contribution < -0.4 is 4.72 Å². The van der Waals surface area contributed by atoms with Crippen molar-refractivity contribution in [3.63, 3.8) is 0 Å². The minimum absolute atomic E-state index is 0.139. The lowest BCUT2D eigenvalue weighted by Gasteiger charge is -2.25. The number of hydrogen-bond acceptors (Lipinski definition) is 4. The highest BCUT2D eigenvalue weighted by atomic mass is 32.2. The van der Waals surface area contributed by atoms with Crippen LogP contribution in [0.4, 0.5) is 10.1 Å². The Morgan fingerprint density at radius 2 is 1.59 bits per heavy atom. The molecule has 0 aliphatic heterocycles. The van der Waals surface area contributed by atoms with Gasteiger partial charge >= 0.3 is 0 Å². The van der Waals surface area contributed by atoms with Crippen LogP contribution in [0, 0.1) is 5.82 Å². The third kappa shape index (κ3) is 6.38. The van der Waals surface area contributed by atoms with Crippen molar-refractivity contribution in [3.8, 4) is 0 Å². The Kier molecular flexibility index (Phi) is 7.61. The molecule has 0 fully saturated rings. The molecule has 0 heterocycles. The number of carbonyl (C=O) groups excluding carboxylic acids is 1. The van der Waals surface area contributed by atoms with Crippen LogP contribution >= 0.6 is 0 Å². The molecule has 168 valence electrons. The lowest BCUT2D eigenvalue weighted by molar-refractivity contribution is 0.0732. The molecular weight excluding hydrogens is 429 g/mol. The van der Waals surface area contributed by atoms with E-state index < -0.39 is 10.0 Å². The Labute approximate surface area is 188 Å². The number of sulfonamides is 1. The number of halogens is 1. The van der Waals surface area contributed by atoms with Crippen molar-refractivity contribution >= 4 is 21.6 Å². The summed E-state index contributed by atoms with van der Waals surface area (Å²) in [6, 6.07) is 20.5. The molecule has 0 spiro atoms. The minimum Gasteiger partial charge on any atom is -0.333 e. The van der Waals surface area contributed by atoms with E-state index in [1.165, 1.54) is 30.3 Å². The van der Waals surface area contributed by atoms with Crippen LogP contribution in [-0.2, 0) is 16.6 Å². The second-order valence-corrected chi connectivity index (χ2v) is 9.34. The van der Waals surface area contributed by atoms with Gasteiger partial charge in [-0.05, 0) is 62.1 Å². The zero-order valence-corrected chi connectivity index (χ0v) is 18.8. The third-order valence-electron chi connectivity index (χ3n) is 4.81. The first-order valence-electron chi connectivity index (χ1n) is 10.1. The molecule has 0 saturated heterocycles. The van der Waals surface area contributed by atoms with E-state index in [-0.39, 0.29) is 16.6 Å². The van der Waals surface area contributed by atoms with Crippen molar-refractivity contribution in [2.45, 2.75) is 11.4 Å². The van der Waals surface area contributed by atoms with Crippen LogP contribution in [0.25, 0.3) is 0 Å². The summed E-state index contributed by atoms with van der Waals surface area (Å²) in [5.41, 5.74) is 1.47. The molecule has 0 saturated carbocycles. The van der Waals surface area contributed by atoms with Crippen molar-refractivity contribution in [2.75, 3.05) is 31.9 Å². The fourth-order valence-electron chi connectivity index (χ4n) is 3.10. The number of amides is 1. The molecule has 0 aliphatic rings. The molecule has 32 heavy (non-hydrogen) atoms. The van der Waals surface area contributed by atoms with Gasteiger partial charge in [0.25, 0.3) is 15.9 Å². The van der Waals surface area contributed by atoms with Crippen LogP contribution in [0.3, 0.4) is 0 Å². The summed E-state index contributed by atoms with van der Waals surface area (Å²) in [6.45, 7) is 1.42. The predicted molar refractivity (Wildman–Crippen MR) is 123 cm³/mol. The smallest absolute Gasteiger partial charge is 0.261 e. The fourth-order valence-corrected chi connectivity index (χ4v) is 4.17. The van der Waals surface area contributed by atoms with E-state index in [0.717, 1.165) is 5.56 Å². The van der Waals surface area contributed by atoms with Gasteiger partial charge in [0.2, 0.25) is 0 Å². The average Bonchev–Trinajstić information content (AvgIpc) is 2.78. The van der Waals surface area contributed by atoms with Crippen molar-refractivity contribution < 1.29 is 17.6 Å². The van der Waals surface area contributed by atoms with Crippen molar-refractivity contribution in [1.29, 1.82) is 0 Å². The van der Waals surface area contributed by atoms with Gasteiger partial charge in [0.05, 0.1) is 4.90 Å². The Morgan fingerprint density at radius 3 is 2.25 bits per heavy atom. The van der Waals surface area contributed by atoms with E-state index in [1.807, 2.05) is 19.0 Å². The fraction of sp³-hybridized carbons (Fsp3) is 0.208. The molecular formula is C24H26FN3O3S. The van der Waals surface area contributed by atoms with Crippen LogP contribution in [0.1, 0.15) is 15.9 Å². The molecule has 0 radical (unpaired) electrons. The highest BCUT2D eigenvalue weighted by Gasteiger charge is 2.19. The number of rotatable bonds is 9. The summed E-state index contributed by atoms with van der Waals surface area (Å²) in [7, 11) is 0.0652. The van der Waals surface area contributed by atoms with E-state index in [4.69, 9.17) is 0 Å². The molecule has 0 atom stereocenters. The maximum absolute atomic E-state index is 13.3. The normalized spacial score (nSPS) is 11.4. The molecule has 3 rings (SSSR count). The molecule has 3 aromatic carbocycles. The van der Waals surface area contributed by atoms with E-state index >= 15 is 0 Å². The molecule has 0 aliphatic carbocycles. The van der Waals surface area contributed by atoms with E-state index in [9.17, 15) is 17.6 Å². The lowest BCUT2D eigenvalue weighted by atomic mass is 10.1. The first-order chi connectivity index (χ1) is 15.2. The Morgan fingerprint density at radius 1 is 0.906 bits per heavy atom. The molecule has 0 aromatic heterocycles. The Balaban J connectivity index is 1.82. The summed E-state index contributed by atoms with van der Waals surface area (Å²) >= 11 is 0. The lowest BCUT2D eigenvalue weighted by Crippen LogP contribution is -2.36. The zero-order valence-electron chi connectivity index (χ0n) is 18.0. The highest BCUT2D eigenvalue weighted by molar-refractivity contribution is 7.92. The maximum atomic E-state index is 13.3. The summed E-state index contributed by atoms with van der Waals surface area (Å²) in [5, 5.41) is 0. The van der Waals surface area contributed by atoms with E-state index in [0.29, 0.717) is 30.9 Å². The number of carbonyl (C=O) groups is 1. The van der Waals surface area contributed by atoms with Crippen LogP contribution in [0.5, 0.6) is 0 Å². The van der Waals surface area contributed by atoms with Gasteiger partial charge < -0.3 is 9.80 Å². The van der Waals surface area contributed by atoms with Gasteiger partial charge in [-0.1, -0.05) is 36.4 Å². The van der Waals surface area contributed by atoms with Crippen LogP contribution in [0.15, 0.2) is 83.8 Å². The molecule has 1 amide bonds. The van der Waals surface area contributed by atoms with Crippen molar-refractivity contribution in [2.24, 2.45) is 0 Å². The second-order valence-electron chi connectivity index (χ2n) is 7.66. The van der Waals surface area contributed by atoms with Gasteiger partial charge in [-0.15, -0.1) is 0 Å². The topological polar surface area (TPSA) is 69.7 Å². The third-order valence-corrected chi connectivity index (χ3v) is 6.20.